The maximum Gasteiger partial charge on any atom is 0.267 e. The summed E-state index contributed by atoms with van der Waals surface area (Å²) in [6.45, 7) is 11.8. The number of allylic oxidation sites excluding steroid dienone is 1. The number of rotatable bonds is 5. The Kier molecular flexibility index (Phi) is 4.34. The van der Waals surface area contributed by atoms with E-state index in [-0.39, 0.29) is 5.41 Å². The van der Waals surface area contributed by atoms with Crippen LogP contribution in [0.1, 0.15) is 30.7 Å². The fourth-order valence-corrected chi connectivity index (χ4v) is 3.74. The van der Waals surface area contributed by atoms with Gasteiger partial charge in [-0.2, -0.15) is 0 Å². The molecule has 1 aromatic heterocycles. The Labute approximate surface area is 133 Å². The fraction of sp³-hybridized carbons (Fsp3) is 0.333. The van der Waals surface area contributed by atoms with Gasteiger partial charge in [-0.1, -0.05) is 37.6 Å². The lowest BCUT2D eigenvalue weighted by Crippen LogP contribution is -2.20. The minimum atomic E-state index is -3.56. The highest BCUT2D eigenvalue weighted by Gasteiger charge is 2.24. The smallest absolute Gasteiger partial charge is 0.246 e. The van der Waals surface area contributed by atoms with Gasteiger partial charge in [-0.25, -0.2) is 12.4 Å². The average Bonchev–Trinajstić information content (AvgIpc) is 2.81. The predicted octanol–water partition coefficient (Wildman–Crippen LogP) is 4.10. The summed E-state index contributed by atoms with van der Waals surface area (Å²) in [6.07, 6.45) is 4.13. The highest BCUT2D eigenvalue weighted by Crippen LogP contribution is 2.28. The van der Waals surface area contributed by atoms with Gasteiger partial charge in [-0.05, 0) is 49.4 Å². The maximum atomic E-state index is 12.9. The molecule has 22 heavy (non-hydrogen) atoms. The first-order valence-corrected chi connectivity index (χ1v) is 8.74. The van der Waals surface area contributed by atoms with Crippen LogP contribution in [0.2, 0.25) is 0 Å². The van der Waals surface area contributed by atoms with Crippen molar-refractivity contribution in [1.82, 2.24) is 3.97 Å². The zero-order valence-electron chi connectivity index (χ0n) is 13.6. The lowest BCUT2D eigenvalue weighted by molar-refractivity contribution is 0.468. The van der Waals surface area contributed by atoms with Crippen molar-refractivity contribution in [2.45, 2.75) is 39.0 Å². The van der Waals surface area contributed by atoms with Crippen LogP contribution in [0.4, 0.5) is 0 Å². The van der Waals surface area contributed by atoms with Crippen LogP contribution in [0.25, 0.3) is 0 Å². The molecular weight excluding hydrogens is 294 g/mol. The highest BCUT2D eigenvalue weighted by molar-refractivity contribution is 7.90. The van der Waals surface area contributed by atoms with Crippen molar-refractivity contribution in [3.63, 3.8) is 0 Å². The summed E-state index contributed by atoms with van der Waals surface area (Å²) in [5.41, 5.74) is 2.66. The van der Waals surface area contributed by atoms with E-state index in [0.29, 0.717) is 11.3 Å². The second kappa shape index (κ2) is 5.76. The van der Waals surface area contributed by atoms with Crippen molar-refractivity contribution < 1.29 is 8.42 Å². The molecule has 3 nitrogen and oxygen atoms in total. The first kappa shape index (κ1) is 16.6. The first-order valence-electron chi connectivity index (χ1n) is 7.30. The fourth-order valence-electron chi connectivity index (χ4n) is 2.31. The standard InChI is InChI=1S/C18H23NO2S/c1-6-18(4,5)13-17-15(3)11-12-19(17)22(20,21)16-9-7-14(2)8-10-16/h6-12H,1,13H2,2-5H3. The number of nitrogens with zero attached hydrogens (tertiary/aromatic N) is 1. The molecule has 0 N–H and O–H groups in total. The van der Waals surface area contributed by atoms with Crippen molar-refractivity contribution in [2.75, 3.05) is 0 Å². The Morgan fingerprint density at radius 1 is 1.14 bits per heavy atom. The van der Waals surface area contributed by atoms with Crippen LogP contribution >= 0.6 is 0 Å². The Bertz CT molecular complexity index is 781. The summed E-state index contributed by atoms with van der Waals surface area (Å²) in [7, 11) is -3.56. The van der Waals surface area contributed by atoms with E-state index in [1.54, 1.807) is 18.3 Å². The Balaban J connectivity index is 2.53. The van der Waals surface area contributed by atoms with E-state index >= 15 is 0 Å². The van der Waals surface area contributed by atoms with Crippen LogP contribution in [0.15, 0.2) is 54.1 Å². The van der Waals surface area contributed by atoms with Crippen LogP contribution in [0, 0.1) is 19.3 Å². The number of hydrogen-bond donors (Lipinski definition) is 0. The van der Waals surface area contributed by atoms with Gasteiger partial charge in [-0.3, -0.25) is 0 Å². The molecule has 1 aromatic carbocycles. The van der Waals surface area contributed by atoms with Gasteiger partial charge in [-0.15, -0.1) is 6.58 Å². The van der Waals surface area contributed by atoms with Crippen molar-refractivity contribution in [3.05, 3.63) is 66.0 Å². The third-order valence-corrected chi connectivity index (χ3v) is 5.66. The van der Waals surface area contributed by atoms with Gasteiger partial charge >= 0.3 is 0 Å². The van der Waals surface area contributed by atoms with E-state index in [4.69, 9.17) is 0 Å². The summed E-state index contributed by atoms with van der Waals surface area (Å²) in [4.78, 5) is 0.311. The van der Waals surface area contributed by atoms with Crippen LogP contribution in [0.3, 0.4) is 0 Å². The molecule has 0 bridgehead atoms. The Morgan fingerprint density at radius 3 is 2.27 bits per heavy atom. The predicted molar refractivity (Wildman–Crippen MR) is 90.6 cm³/mol. The average molecular weight is 317 g/mol. The van der Waals surface area contributed by atoms with E-state index < -0.39 is 10.0 Å². The Hall–Kier alpha value is -1.81. The third-order valence-electron chi connectivity index (χ3n) is 3.93. The zero-order valence-corrected chi connectivity index (χ0v) is 14.4. The monoisotopic (exact) mass is 317 g/mol. The molecule has 0 atom stereocenters. The number of hydrogen-bond acceptors (Lipinski definition) is 2. The van der Waals surface area contributed by atoms with Gasteiger partial charge < -0.3 is 0 Å². The van der Waals surface area contributed by atoms with E-state index in [2.05, 4.69) is 20.4 Å². The van der Waals surface area contributed by atoms with Crippen molar-refractivity contribution >= 4 is 10.0 Å². The molecule has 0 radical (unpaired) electrons. The molecule has 4 heteroatoms. The summed E-state index contributed by atoms with van der Waals surface area (Å²) in [5, 5.41) is 0. The van der Waals surface area contributed by atoms with Gasteiger partial charge in [0.15, 0.2) is 0 Å². The van der Waals surface area contributed by atoms with Crippen molar-refractivity contribution in [1.29, 1.82) is 0 Å². The first-order chi connectivity index (χ1) is 10.2. The van der Waals surface area contributed by atoms with Crippen molar-refractivity contribution in [2.24, 2.45) is 5.41 Å². The molecule has 118 valence electrons. The SMILES string of the molecule is C=CC(C)(C)Cc1c(C)ccn1S(=O)(=O)c1ccc(C)cc1. The molecule has 0 fully saturated rings. The largest absolute Gasteiger partial charge is 0.267 e. The van der Waals surface area contributed by atoms with Gasteiger partial charge in [0, 0.05) is 11.9 Å². The maximum absolute atomic E-state index is 12.9. The molecule has 0 amide bonds. The Morgan fingerprint density at radius 2 is 1.73 bits per heavy atom. The lowest BCUT2D eigenvalue weighted by atomic mass is 9.87. The second-order valence-electron chi connectivity index (χ2n) is 6.43. The zero-order chi connectivity index (χ0) is 16.5. The normalized spacial score (nSPS) is 12.4. The van der Waals surface area contributed by atoms with Crippen LogP contribution in [0.5, 0.6) is 0 Å². The molecule has 2 aromatic rings. The minimum Gasteiger partial charge on any atom is -0.246 e. The summed E-state index contributed by atoms with van der Waals surface area (Å²) in [5.74, 6) is 0. The third kappa shape index (κ3) is 3.17. The quantitative estimate of drug-likeness (QED) is 0.779. The van der Waals surface area contributed by atoms with Crippen LogP contribution < -0.4 is 0 Å². The van der Waals surface area contributed by atoms with E-state index in [9.17, 15) is 8.42 Å². The molecule has 0 aliphatic carbocycles. The van der Waals surface area contributed by atoms with Crippen molar-refractivity contribution in [3.8, 4) is 0 Å². The number of benzene rings is 1. The topological polar surface area (TPSA) is 39.1 Å². The van der Waals surface area contributed by atoms with E-state index in [1.165, 1.54) is 3.97 Å². The summed E-state index contributed by atoms with van der Waals surface area (Å²) >= 11 is 0. The molecule has 0 aliphatic heterocycles. The minimum absolute atomic E-state index is 0.163. The second-order valence-corrected chi connectivity index (χ2v) is 8.24. The summed E-state index contributed by atoms with van der Waals surface area (Å²) < 4.78 is 27.2. The van der Waals surface area contributed by atoms with Gasteiger partial charge in [0.25, 0.3) is 10.0 Å². The molecule has 2 rings (SSSR count). The summed E-state index contributed by atoms with van der Waals surface area (Å²) in [6, 6.07) is 8.79. The van der Waals surface area contributed by atoms with Crippen LogP contribution in [-0.2, 0) is 16.4 Å². The lowest BCUT2D eigenvalue weighted by Gasteiger charge is -2.22. The molecular formula is C18H23NO2S. The highest BCUT2D eigenvalue weighted by atomic mass is 32.2. The molecule has 0 spiro atoms. The molecule has 0 unspecified atom stereocenters. The number of aryl methyl sites for hydroxylation is 2. The molecule has 1 heterocycles. The number of aromatic nitrogens is 1. The molecule has 0 saturated heterocycles. The van der Waals surface area contributed by atoms with Crippen LogP contribution in [-0.4, -0.2) is 12.4 Å². The van der Waals surface area contributed by atoms with Gasteiger partial charge in [0.2, 0.25) is 0 Å². The molecule has 0 saturated carbocycles. The van der Waals surface area contributed by atoms with Gasteiger partial charge in [0.1, 0.15) is 0 Å². The van der Waals surface area contributed by atoms with Gasteiger partial charge in [0.05, 0.1) is 4.90 Å². The molecule has 0 aliphatic rings. The van der Waals surface area contributed by atoms with E-state index in [0.717, 1.165) is 16.8 Å². The van der Waals surface area contributed by atoms with E-state index in [1.807, 2.05) is 38.1 Å².